The zero-order valence-electron chi connectivity index (χ0n) is 9.12. The molecule has 0 aromatic carbocycles. The van der Waals surface area contributed by atoms with Crippen molar-refractivity contribution in [1.29, 1.82) is 0 Å². The molecule has 1 fully saturated rings. The number of nitrogens with one attached hydrogen (secondary N) is 1. The molecule has 0 amide bonds. The number of hydrogen-bond donors (Lipinski definition) is 2. The minimum atomic E-state index is -0.238. The summed E-state index contributed by atoms with van der Waals surface area (Å²) in [6.07, 6.45) is -0.238. The molecule has 13 heavy (non-hydrogen) atoms. The van der Waals surface area contributed by atoms with E-state index in [0.29, 0.717) is 12.1 Å². The van der Waals surface area contributed by atoms with E-state index in [1.165, 1.54) is 0 Å². The zero-order chi connectivity index (χ0) is 10.0. The van der Waals surface area contributed by atoms with E-state index in [1.807, 2.05) is 6.92 Å². The first-order valence-corrected chi connectivity index (χ1v) is 5.19. The highest BCUT2D eigenvalue weighted by molar-refractivity contribution is 4.85. The fraction of sp³-hybridized carbons (Fsp3) is 1.00. The van der Waals surface area contributed by atoms with Gasteiger partial charge >= 0.3 is 0 Å². The van der Waals surface area contributed by atoms with Gasteiger partial charge in [0, 0.05) is 31.2 Å². The van der Waals surface area contributed by atoms with E-state index in [4.69, 9.17) is 0 Å². The first-order chi connectivity index (χ1) is 6.00. The Bertz CT molecular complexity index is 151. The summed E-state index contributed by atoms with van der Waals surface area (Å²) in [4.78, 5) is 2.36. The van der Waals surface area contributed by atoms with Crippen molar-refractivity contribution >= 4 is 0 Å². The zero-order valence-corrected chi connectivity index (χ0v) is 9.12. The van der Waals surface area contributed by atoms with Crippen molar-refractivity contribution in [3.8, 4) is 0 Å². The average Bonchev–Trinajstić information content (AvgIpc) is 2.01. The second-order valence-electron chi connectivity index (χ2n) is 4.40. The molecule has 1 aliphatic heterocycles. The minimum Gasteiger partial charge on any atom is -0.392 e. The van der Waals surface area contributed by atoms with Crippen LogP contribution in [0.25, 0.3) is 0 Å². The highest BCUT2D eigenvalue weighted by Crippen LogP contribution is 2.10. The monoisotopic (exact) mass is 186 g/mol. The van der Waals surface area contributed by atoms with Gasteiger partial charge in [-0.25, -0.2) is 0 Å². The summed E-state index contributed by atoms with van der Waals surface area (Å²) in [6.45, 7) is 10.4. The Hall–Kier alpha value is -0.120. The Morgan fingerprint density at radius 1 is 1.23 bits per heavy atom. The Morgan fingerprint density at radius 3 is 2.08 bits per heavy atom. The van der Waals surface area contributed by atoms with Gasteiger partial charge in [-0.3, -0.25) is 4.90 Å². The van der Waals surface area contributed by atoms with Gasteiger partial charge in [-0.1, -0.05) is 0 Å². The number of piperazine rings is 1. The third-order valence-electron chi connectivity index (χ3n) is 2.86. The summed E-state index contributed by atoms with van der Waals surface area (Å²) in [5.41, 5.74) is 0. The molecule has 4 unspecified atom stereocenters. The molecule has 1 aliphatic rings. The van der Waals surface area contributed by atoms with Gasteiger partial charge in [0.1, 0.15) is 0 Å². The maximum Gasteiger partial charge on any atom is 0.0664 e. The SMILES string of the molecule is CC1CN(C(C)C(C)O)CC(C)N1. The Morgan fingerprint density at radius 2 is 1.69 bits per heavy atom. The standard InChI is InChI=1S/C10H22N2O/c1-7-5-12(6-8(2)11-7)9(3)10(4)13/h7-11,13H,5-6H2,1-4H3. The van der Waals surface area contributed by atoms with Crippen LogP contribution in [0.3, 0.4) is 0 Å². The molecule has 0 saturated carbocycles. The van der Waals surface area contributed by atoms with Gasteiger partial charge in [-0.15, -0.1) is 0 Å². The van der Waals surface area contributed by atoms with Crippen LogP contribution in [-0.4, -0.2) is 47.3 Å². The quantitative estimate of drug-likeness (QED) is 0.657. The number of nitrogens with zero attached hydrogens (tertiary/aromatic N) is 1. The number of hydrogen-bond acceptors (Lipinski definition) is 3. The van der Waals surface area contributed by atoms with Gasteiger partial charge in [0.15, 0.2) is 0 Å². The van der Waals surface area contributed by atoms with Crippen LogP contribution in [-0.2, 0) is 0 Å². The van der Waals surface area contributed by atoms with Crippen molar-refractivity contribution in [3.05, 3.63) is 0 Å². The molecule has 3 heteroatoms. The normalized spacial score (nSPS) is 35.8. The molecular formula is C10H22N2O. The number of rotatable bonds is 2. The van der Waals surface area contributed by atoms with Gasteiger partial charge in [-0.2, -0.15) is 0 Å². The van der Waals surface area contributed by atoms with Crippen molar-refractivity contribution in [3.63, 3.8) is 0 Å². The second kappa shape index (κ2) is 4.40. The van der Waals surface area contributed by atoms with Gasteiger partial charge in [0.25, 0.3) is 0 Å². The van der Waals surface area contributed by atoms with Gasteiger partial charge in [0.2, 0.25) is 0 Å². The van der Waals surface area contributed by atoms with Crippen LogP contribution in [0.1, 0.15) is 27.7 Å². The van der Waals surface area contributed by atoms with Crippen molar-refractivity contribution in [1.82, 2.24) is 10.2 Å². The van der Waals surface area contributed by atoms with E-state index in [1.54, 1.807) is 0 Å². The molecule has 0 aromatic rings. The smallest absolute Gasteiger partial charge is 0.0664 e. The predicted molar refractivity (Wildman–Crippen MR) is 54.8 cm³/mol. The summed E-state index contributed by atoms with van der Waals surface area (Å²) in [6, 6.07) is 1.34. The Balaban J connectivity index is 2.49. The highest BCUT2D eigenvalue weighted by atomic mass is 16.3. The largest absolute Gasteiger partial charge is 0.392 e. The summed E-state index contributed by atoms with van der Waals surface area (Å²) in [7, 11) is 0. The molecule has 4 atom stereocenters. The molecule has 2 N–H and O–H groups in total. The lowest BCUT2D eigenvalue weighted by Gasteiger charge is -2.40. The molecule has 1 saturated heterocycles. The third-order valence-corrected chi connectivity index (χ3v) is 2.86. The summed E-state index contributed by atoms with van der Waals surface area (Å²) < 4.78 is 0. The molecular weight excluding hydrogens is 164 g/mol. The average molecular weight is 186 g/mol. The molecule has 78 valence electrons. The summed E-state index contributed by atoms with van der Waals surface area (Å²) >= 11 is 0. The molecule has 0 spiro atoms. The fourth-order valence-corrected chi connectivity index (χ4v) is 2.01. The van der Waals surface area contributed by atoms with Gasteiger partial charge < -0.3 is 10.4 Å². The fourth-order valence-electron chi connectivity index (χ4n) is 2.01. The highest BCUT2D eigenvalue weighted by Gasteiger charge is 2.26. The topological polar surface area (TPSA) is 35.5 Å². The van der Waals surface area contributed by atoms with Crippen molar-refractivity contribution < 1.29 is 5.11 Å². The third kappa shape index (κ3) is 2.93. The van der Waals surface area contributed by atoms with E-state index >= 15 is 0 Å². The van der Waals surface area contributed by atoms with E-state index in [2.05, 4.69) is 31.0 Å². The maximum atomic E-state index is 9.48. The van der Waals surface area contributed by atoms with Gasteiger partial charge in [0.05, 0.1) is 6.10 Å². The van der Waals surface area contributed by atoms with E-state index < -0.39 is 0 Å². The first-order valence-electron chi connectivity index (χ1n) is 5.19. The van der Waals surface area contributed by atoms with Crippen LogP contribution >= 0.6 is 0 Å². The molecule has 3 nitrogen and oxygen atoms in total. The number of aliphatic hydroxyl groups excluding tert-OH is 1. The lowest BCUT2D eigenvalue weighted by atomic mass is 10.1. The van der Waals surface area contributed by atoms with E-state index in [-0.39, 0.29) is 12.1 Å². The van der Waals surface area contributed by atoms with Crippen molar-refractivity contribution in [2.24, 2.45) is 0 Å². The predicted octanol–water partition coefficient (Wildman–Crippen LogP) is 0.438. The van der Waals surface area contributed by atoms with Crippen LogP contribution in [0.2, 0.25) is 0 Å². The Kier molecular flexibility index (Phi) is 3.71. The lowest BCUT2D eigenvalue weighted by Crippen LogP contribution is -2.58. The summed E-state index contributed by atoms with van der Waals surface area (Å²) in [5.74, 6) is 0. The molecule has 0 aliphatic carbocycles. The van der Waals surface area contributed by atoms with Gasteiger partial charge in [-0.05, 0) is 27.7 Å². The van der Waals surface area contributed by atoms with Crippen LogP contribution in [0.4, 0.5) is 0 Å². The number of aliphatic hydroxyl groups is 1. The molecule has 0 aromatic heterocycles. The Labute approximate surface area is 81.1 Å². The minimum absolute atomic E-state index is 0.238. The second-order valence-corrected chi connectivity index (χ2v) is 4.40. The first kappa shape index (κ1) is 11.0. The van der Waals surface area contributed by atoms with E-state index in [0.717, 1.165) is 13.1 Å². The molecule has 1 rings (SSSR count). The van der Waals surface area contributed by atoms with Crippen LogP contribution in [0.15, 0.2) is 0 Å². The van der Waals surface area contributed by atoms with Crippen LogP contribution < -0.4 is 5.32 Å². The summed E-state index contributed by atoms with van der Waals surface area (Å²) in [5, 5.41) is 13.0. The maximum absolute atomic E-state index is 9.48. The molecule has 0 bridgehead atoms. The molecule has 0 radical (unpaired) electrons. The van der Waals surface area contributed by atoms with E-state index in [9.17, 15) is 5.11 Å². The lowest BCUT2D eigenvalue weighted by molar-refractivity contribution is 0.0439. The van der Waals surface area contributed by atoms with Crippen molar-refractivity contribution in [2.45, 2.75) is 51.9 Å². The van der Waals surface area contributed by atoms with Crippen LogP contribution in [0, 0.1) is 0 Å². The van der Waals surface area contributed by atoms with Crippen LogP contribution in [0.5, 0.6) is 0 Å². The molecule has 1 heterocycles. The van der Waals surface area contributed by atoms with Crippen molar-refractivity contribution in [2.75, 3.05) is 13.1 Å².